The molecule has 0 atom stereocenters. The highest BCUT2D eigenvalue weighted by Crippen LogP contribution is 2.24. The van der Waals surface area contributed by atoms with Crippen LogP contribution in [0.4, 0.5) is 0 Å². The molecule has 2 aromatic rings. The molecule has 1 amide bonds. The maximum absolute atomic E-state index is 12.2. The summed E-state index contributed by atoms with van der Waals surface area (Å²) in [6, 6.07) is 9.45. The number of hydrogen-bond acceptors (Lipinski definition) is 3. The summed E-state index contributed by atoms with van der Waals surface area (Å²) in [7, 11) is 0. The van der Waals surface area contributed by atoms with Gasteiger partial charge in [0.15, 0.2) is 0 Å². The van der Waals surface area contributed by atoms with Crippen molar-refractivity contribution < 1.29 is 9.90 Å². The Morgan fingerprint density at radius 3 is 2.44 bits per heavy atom. The highest BCUT2D eigenvalue weighted by atomic mass is 16.3. The first kappa shape index (κ1) is 10.8. The van der Waals surface area contributed by atoms with Crippen molar-refractivity contribution >= 4 is 5.91 Å². The third-order valence-corrected chi connectivity index (χ3v) is 3.10. The standard InChI is InChI=1S/C14H12N2O2/c17-13-5-12(6-15-7-13)14(18)16-8-10-3-1-2-4-11(10)9-16/h1-7,17H,8-9H2. The number of rotatable bonds is 1. The monoisotopic (exact) mass is 240 g/mol. The van der Waals surface area contributed by atoms with Gasteiger partial charge in [-0.15, -0.1) is 0 Å². The van der Waals surface area contributed by atoms with Gasteiger partial charge in [0, 0.05) is 19.3 Å². The summed E-state index contributed by atoms with van der Waals surface area (Å²) in [6.45, 7) is 1.23. The second-order valence-electron chi connectivity index (χ2n) is 4.36. The molecule has 0 unspecified atom stereocenters. The number of aromatic nitrogens is 1. The van der Waals surface area contributed by atoms with Crippen LogP contribution in [0.1, 0.15) is 21.5 Å². The first-order chi connectivity index (χ1) is 8.74. The van der Waals surface area contributed by atoms with Crippen molar-refractivity contribution in [3.05, 3.63) is 59.4 Å². The number of fused-ring (bicyclic) bond motifs is 1. The van der Waals surface area contributed by atoms with E-state index in [9.17, 15) is 9.90 Å². The fraction of sp³-hybridized carbons (Fsp3) is 0.143. The Morgan fingerprint density at radius 2 is 1.83 bits per heavy atom. The van der Waals surface area contributed by atoms with Crippen LogP contribution in [-0.2, 0) is 13.1 Å². The lowest BCUT2D eigenvalue weighted by atomic mass is 10.1. The Morgan fingerprint density at radius 1 is 1.17 bits per heavy atom. The van der Waals surface area contributed by atoms with Crippen LogP contribution in [0.5, 0.6) is 5.75 Å². The third-order valence-electron chi connectivity index (χ3n) is 3.10. The molecule has 1 aliphatic rings. The lowest BCUT2D eigenvalue weighted by Crippen LogP contribution is -2.25. The summed E-state index contributed by atoms with van der Waals surface area (Å²) in [5, 5.41) is 9.35. The molecule has 4 nitrogen and oxygen atoms in total. The van der Waals surface area contributed by atoms with E-state index in [-0.39, 0.29) is 11.7 Å². The molecular formula is C14H12N2O2. The Bertz CT molecular complexity index is 585. The normalized spacial score (nSPS) is 13.4. The van der Waals surface area contributed by atoms with Gasteiger partial charge in [-0.1, -0.05) is 24.3 Å². The van der Waals surface area contributed by atoms with E-state index in [4.69, 9.17) is 0 Å². The molecule has 0 aliphatic carbocycles. The zero-order valence-electron chi connectivity index (χ0n) is 9.71. The van der Waals surface area contributed by atoms with E-state index in [0.717, 1.165) is 0 Å². The molecule has 1 aromatic heterocycles. The van der Waals surface area contributed by atoms with Gasteiger partial charge >= 0.3 is 0 Å². The SMILES string of the molecule is O=C(c1cncc(O)c1)N1Cc2ccccc2C1. The molecule has 1 aromatic carbocycles. The molecule has 18 heavy (non-hydrogen) atoms. The first-order valence-corrected chi connectivity index (χ1v) is 5.74. The molecule has 0 saturated heterocycles. The first-order valence-electron chi connectivity index (χ1n) is 5.74. The molecular weight excluding hydrogens is 228 g/mol. The van der Waals surface area contributed by atoms with Crippen LogP contribution >= 0.6 is 0 Å². The van der Waals surface area contributed by atoms with Gasteiger partial charge in [-0.25, -0.2) is 0 Å². The highest BCUT2D eigenvalue weighted by molar-refractivity contribution is 5.94. The van der Waals surface area contributed by atoms with Gasteiger partial charge in [-0.2, -0.15) is 0 Å². The van der Waals surface area contributed by atoms with Gasteiger partial charge in [-0.05, 0) is 17.2 Å². The number of hydrogen-bond donors (Lipinski definition) is 1. The van der Waals surface area contributed by atoms with Crippen molar-refractivity contribution in [1.29, 1.82) is 0 Å². The van der Waals surface area contributed by atoms with E-state index in [1.165, 1.54) is 29.6 Å². The van der Waals surface area contributed by atoms with Crippen LogP contribution in [0.3, 0.4) is 0 Å². The summed E-state index contributed by atoms with van der Waals surface area (Å²) < 4.78 is 0. The predicted molar refractivity (Wildman–Crippen MR) is 65.9 cm³/mol. The Kier molecular flexibility index (Phi) is 2.48. The minimum atomic E-state index is -0.102. The predicted octanol–water partition coefficient (Wildman–Crippen LogP) is 1.94. The molecule has 0 bridgehead atoms. The number of amides is 1. The van der Waals surface area contributed by atoms with E-state index in [1.807, 2.05) is 24.3 Å². The lowest BCUT2D eigenvalue weighted by Gasteiger charge is -2.15. The molecule has 3 rings (SSSR count). The smallest absolute Gasteiger partial charge is 0.256 e. The van der Waals surface area contributed by atoms with Crippen LogP contribution < -0.4 is 0 Å². The molecule has 4 heteroatoms. The minimum Gasteiger partial charge on any atom is -0.506 e. The number of carbonyl (C=O) groups excluding carboxylic acids is 1. The Balaban J connectivity index is 1.84. The molecule has 0 radical (unpaired) electrons. The van der Waals surface area contributed by atoms with Crippen LogP contribution in [0, 0.1) is 0 Å². The molecule has 2 heterocycles. The van der Waals surface area contributed by atoms with Crippen LogP contribution in [0.2, 0.25) is 0 Å². The molecule has 0 spiro atoms. The molecule has 1 N–H and O–H groups in total. The van der Waals surface area contributed by atoms with Gasteiger partial charge in [0.1, 0.15) is 5.75 Å². The van der Waals surface area contributed by atoms with Gasteiger partial charge in [0.05, 0.1) is 11.8 Å². The third kappa shape index (κ3) is 1.82. The van der Waals surface area contributed by atoms with Gasteiger partial charge in [0.2, 0.25) is 0 Å². The Hall–Kier alpha value is -2.36. The maximum atomic E-state index is 12.2. The van der Waals surface area contributed by atoms with E-state index >= 15 is 0 Å². The Labute approximate surface area is 105 Å². The molecule has 0 saturated carbocycles. The highest BCUT2D eigenvalue weighted by Gasteiger charge is 2.24. The number of pyridine rings is 1. The number of carbonyl (C=O) groups is 1. The zero-order chi connectivity index (χ0) is 12.5. The second kappa shape index (κ2) is 4.14. The van der Waals surface area contributed by atoms with Crippen LogP contribution in [-0.4, -0.2) is 20.9 Å². The van der Waals surface area contributed by atoms with Gasteiger partial charge in [-0.3, -0.25) is 9.78 Å². The molecule has 1 aliphatic heterocycles. The largest absolute Gasteiger partial charge is 0.506 e. The zero-order valence-corrected chi connectivity index (χ0v) is 9.71. The van der Waals surface area contributed by atoms with Crippen molar-refractivity contribution in [3.8, 4) is 5.75 Å². The number of nitrogens with zero attached hydrogens (tertiary/aromatic N) is 2. The fourth-order valence-electron chi connectivity index (χ4n) is 2.20. The second-order valence-corrected chi connectivity index (χ2v) is 4.36. The van der Waals surface area contributed by atoms with E-state index in [1.54, 1.807) is 4.90 Å². The summed E-state index contributed by atoms with van der Waals surface area (Å²) in [5.74, 6) is -0.0906. The van der Waals surface area contributed by atoms with E-state index in [0.29, 0.717) is 18.7 Å². The lowest BCUT2D eigenvalue weighted by molar-refractivity contribution is 0.0750. The molecule has 0 fully saturated rings. The number of benzene rings is 1. The van der Waals surface area contributed by atoms with Crippen molar-refractivity contribution in [1.82, 2.24) is 9.88 Å². The quantitative estimate of drug-likeness (QED) is 0.828. The van der Waals surface area contributed by atoms with Crippen molar-refractivity contribution in [3.63, 3.8) is 0 Å². The van der Waals surface area contributed by atoms with Gasteiger partial charge < -0.3 is 10.0 Å². The van der Waals surface area contributed by atoms with Gasteiger partial charge in [0.25, 0.3) is 5.91 Å². The van der Waals surface area contributed by atoms with Crippen molar-refractivity contribution in [2.24, 2.45) is 0 Å². The summed E-state index contributed by atoms with van der Waals surface area (Å²) in [6.07, 6.45) is 2.79. The van der Waals surface area contributed by atoms with Crippen molar-refractivity contribution in [2.45, 2.75) is 13.1 Å². The van der Waals surface area contributed by atoms with Crippen molar-refractivity contribution in [2.75, 3.05) is 0 Å². The summed E-state index contributed by atoms with van der Waals surface area (Å²) in [5.41, 5.74) is 2.78. The summed E-state index contributed by atoms with van der Waals surface area (Å²) in [4.78, 5) is 17.8. The van der Waals surface area contributed by atoms with E-state index in [2.05, 4.69) is 4.98 Å². The molecule has 90 valence electrons. The minimum absolute atomic E-state index is 0.0116. The average Bonchev–Trinajstić information content (AvgIpc) is 2.81. The van der Waals surface area contributed by atoms with E-state index < -0.39 is 0 Å². The maximum Gasteiger partial charge on any atom is 0.256 e. The van der Waals surface area contributed by atoms with Crippen LogP contribution in [0.15, 0.2) is 42.7 Å². The van der Waals surface area contributed by atoms with Crippen LogP contribution in [0.25, 0.3) is 0 Å². The fourth-order valence-corrected chi connectivity index (χ4v) is 2.20. The number of aromatic hydroxyl groups is 1. The summed E-state index contributed by atoms with van der Waals surface area (Å²) >= 11 is 0. The topological polar surface area (TPSA) is 53.4 Å². The average molecular weight is 240 g/mol.